The highest BCUT2D eigenvalue weighted by Gasteiger charge is 2.35. The molecule has 0 unspecified atom stereocenters. The molecule has 3 heterocycles. The molecule has 0 saturated carbocycles. The van der Waals surface area contributed by atoms with Crippen LogP contribution in [0.2, 0.25) is 5.02 Å². The van der Waals surface area contributed by atoms with E-state index in [1.165, 1.54) is 6.07 Å². The van der Waals surface area contributed by atoms with Gasteiger partial charge in [-0.05, 0) is 60.4 Å². The van der Waals surface area contributed by atoms with Crippen LogP contribution in [0.3, 0.4) is 0 Å². The van der Waals surface area contributed by atoms with Crippen LogP contribution in [0.4, 0.5) is 11.4 Å². The number of sulfone groups is 1. The van der Waals surface area contributed by atoms with E-state index in [2.05, 4.69) is 5.32 Å². The summed E-state index contributed by atoms with van der Waals surface area (Å²) < 4.78 is 25.2. The van der Waals surface area contributed by atoms with E-state index >= 15 is 0 Å². The number of thiophene rings is 1. The third-order valence-corrected chi connectivity index (χ3v) is 10.0. The summed E-state index contributed by atoms with van der Waals surface area (Å²) in [6.45, 7) is 2.51. The number of aryl methyl sites for hydroxylation is 1. The van der Waals surface area contributed by atoms with Gasteiger partial charge in [-0.15, -0.1) is 11.3 Å². The summed E-state index contributed by atoms with van der Waals surface area (Å²) in [5.74, 6) is -1.75. The molecule has 2 aromatic carbocycles. The maximum absolute atomic E-state index is 13.2. The number of carbonyl (C=O) groups excluding carboxylic acids is 3. The van der Waals surface area contributed by atoms with Crippen LogP contribution < -0.4 is 10.2 Å². The number of benzene rings is 2. The lowest BCUT2D eigenvalue weighted by atomic mass is 9.91. The summed E-state index contributed by atoms with van der Waals surface area (Å²) in [7, 11) is -3.77. The molecule has 0 atom stereocenters. The van der Waals surface area contributed by atoms with Crippen LogP contribution in [-0.2, 0) is 38.7 Å². The number of fused-ring (bicyclic) bond motifs is 3. The van der Waals surface area contributed by atoms with Gasteiger partial charge in [-0.1, -0.05) is 23.7 Å². The Morgan fingerprint density at radius 3 is 2.54 bits per heavy atom. The minimum atomic E-state index is -3.77. The summed E-state index contributed by atoms with van der Waals surface area (Å²) in [4.78, 5) is 40.4. The van der Waals surface area contributed by atoms with E-state index in [1.807, 2.05) is 6.07 Å². The number of carbonyl (C=O) groups is 3. The first-order valence-electron chi connectivity index (χ1n) is 11.0. The molecule has 1 aromatic heterocycles. The number of Topliss-reactive ketones (excluding diaryl/α,β-unsaturated/α-hetero) is 1. The van der Waals surface area contributed by atoms with Crippen molar-refractivity contribution in [2.75, 3.05) is 22.5 Å². The SMILES string of the molecule is Cc1sc(S(=O)(=O)CC(=O)Cc2ccc(N3C(=O)Cc4c(ccc5c4CCN5)C3=O)cc2)cc1Cl. The van der Waals surface area contributed by atoms with Gasteiger partial charge in [0.25, 0.3) is 5.91 Å². The highest BCUT2D eigenvalue weighted by atomic mass is 35.5. The molecular weight excluding hydrogens is 508 g/mol. The van der Waals surface area contributed by atoms with E-state index in [1.54, 1.807) is 37.3 Å². The second-order valence-corrected chi connectivity index (χ2v) is 12.5. The van der Waals surface area contributed by atoms with E-state index in [4.69, 9.17) is 11.6 Å². The minimum absolute atomic E-state index is 0.0764. The van der Waals surface area contributed by atoms with Gasteiger partial charge in [-0.3, -0.25) is 14.4 Å². The number of hydrogen-bond donors (Lipinski definition) is 1. The summed E-state index contributed by atoms with van der Waals surface area (Å²) in [6, 6.07) is 11.5. The highest BCUT2D eigenvalue weighted by molar-refractivity contribution is 7.94. The van der Waals surface area contributed by atoms with Gasteiger partial charge < -0.3 is 5.32 Å². The van der Waals surface area contributed by atoms with E-state index in [0.29, 0.717) is 26.7 Å². The van der Waals surface area contributed by atoms with Crippen LogP contribution in [0.1, 0.15) is 31.9 Å². The maximum atomic E-state index is 13.2. The molecule has 0 fully saturated rings. The first-order chi connectivity index (χ1) is 16.6. The van der Waals surface area contributed by atoms with Gasteiger partial charge in [0.05, 0.1) is 17.1 Å². The van der Waals surface area contributed by atoms with Crippen molar-refractivity contribution in [1.29, 1.82) is 0 Å². The predicted octanol–water partition coefficient (Wildman–Crippen LogP) is 3.99. The molecule has 0 saturated heterocycles. The smallest absolute Gasteiger partial charge is 0.265 e. The van der Waals surface area contributed by atoms with Crippen molar-refractivity contribution in [3.05, 3.63) is 74.6 Å². The van der Waals surface area contributed by atoms with Gasteiger partial charge in [0.2, 0.25) is 5.91 Å². The molecule has 7 nitrogen and oxygen atoms in total. The Labute approximate surface area is 211 Å². The fourth-order valence-corrected chi connectivity index (χ4v) is 7.52. The molecule has 3 aromatic rings. The number of ketones is 1. The molecule has 1 N–H and O–H groups in total. The Balaban J connectivity index is 1.30. The van der Waals surface area contributed by atoms with Crippen LogP contribution in [0.25, 0.3) is 0 Å². The molecule has 0 radical (unpaired) electrons. The number of nitrogens with one attached hydrogen (secondary N) is 1. The van der Waals surface area contributed by atoms with Crippen molar-refractivity contribution in [2.45, 2.75) is 30.4 Å². The highest BCUT2D eigenvalue weighted by Crippen LogP contribution is 2.34. The second-order valence-electron chi connectivity index (χ2n) is 8.62. The summed E-state index contributed by atoms with van der Waals surface area (Å²) in [5.41, 5.74) is 4.34. The van der Waals surface area contributed by atoms with Gasteiger partial charge in [0.1, 0.15) is 9.96 Å². The van der Waals surface area contributed by atoms with Crippen molar-refractivity contribution in [1.82, 2.24) is 0 Å². The lowest BCUT2D eigenvalue weighted by Crippen LogP contribution is -2.42. The fourth-order valence-electron chi connectivity index (χ4n) is 4.51. The first-order valence-corrected chi connectivity index (χ1v) is 13.8. The van der Waals surface area contributed by atoms with Crippen LogP contribution in [0.15, 0.2) is 46.7 Å². The van der Waals surface area contributed by atoms with Crippen LogP contribution in [-0.4, -0.2) is 38.3 Å². The molecule has 0 bridgehead atoms. The number of hydrogen-bond acceptors (Lipinski definition) is 7. The molecule has 0 aliphatic carbocycles. The van der Waals surface area contributed by atoms with Gasteiger partial charge in [0.15, 0.2) is 15.6 Å². The lowest BCUT2D eigenvalue weighted by Gasteiger charge is -2.28. The molecule has 5 rings (SSSR count). The predicted molar refractivity (Wildman–Crippen MR) is 135 cm³/mol. The number of amides is 2. The standard InChI is InChI=1S/C25H21ClN2O5S2/c1-14-21(26)12-24(34-14)35(32,33)13-17(29)10-15-2-4-16(5-3-15)28-23(30)11-20-18-8-9-27-22(18)7-6-19(20)25(28)31/h2-7,12,27H,8-11,13H2,1H3. The Hall–Kier alpha value is -3.01. The molecule has 10 heteroatoms. The zero-order chi connectivity index (χ0) is 24.9. The summed E-state index contributed by atoms with van der Waals surface area (Å²) in [6.07, 6.45) is 0.855. The van der Waals surface area contributed by atoms with Gasteiger partial charge >= 0.3 is 0 Å². The monoisotopic (exact) mass is 528 g/mol. The van der Waals surface area contributed by atoms with E-state index < -0.39 is 21.4 Å². The maximum Gasteiger partial charge on any atom is 0.265 e. The quantitative estimate of drug-likeness (QED) is 0.485. The second kappa shape index (κ2) is 8.89. The summed E-state index contributed by atoms with van der Waals surface area (Å²) >= 11 is 7.00. The molecule has 35 heavy (non-hydrogen) atoms. The van der Waals surface area contributed by atoms with Crippen LogP contribution in [0, 0.1) is 6.92 Å². The van der Waals surface area contributed by atoms with Gasteiger partial charge in [-0.25, -0.2) is 13.3 Å². The van der Waals surface area contributed by atoms with E-state index in [9.17, 15) is 22.8 Å². The average molecular weight is 529 g/mol. The van der Waals surface area contributed by atoms with Gasteiger partial charge in [-0.2, -0.15) is 0 Å². The largest absolute Gasteiger partial charge is 0.384 e. The topological polar surface area (TPSA) is 101 Å². The number of halogens is 1. The number of imide groups is 1. The number of anilines is 2. The van der Waals surface area contributed by atoms with Crippen molar-refractivity contribution in [3.8, 4) is 0 Å². The Morgan fingerprint density at radius 2 is 1.86 bits per heavy atom. The van der Waals surface area contributed by atoms with Crippen molar-refractivity contribution < 1.29 is 22.8 Å². The third kappa shape index (κ3) is 4.39. The zero-order valence-electron chi connectivity index (χ0n) is 18.8. The zero-order valence-corrected chi connectivity index (χ0v) is 21.1. The number of nitrogens with zero attached hydrogens (tertiary/aromatic N) is 1. The molecule has 180 valence electrons. The minimum Gasteiger partial charge on any atom is -0.384 e. The number of rotatable bonds is 6. The first kappa shape index (κ1) is 23.7. The fraction of sp³-hybridized carbons (Fsp3) is 0.240. The van der Waals surface area contributed by atoms with Gasteiger partial charge in [0, 0.05) is 29.1 Å². The molecule has 0 spiro atoms. The van der Waals surface area contributed by atoms with Crippen molar-refractivity contribution >= 4 is 61.7 Å². The molecular formula is C25H21ClN2O5S2. The molecule has 2 aliphatic rings. The lowest BCUT2D eigenvalue weighted by molar-refractivity contribution is -0.118. The Kier molecular flexibility index (Phi) is 6.03. The van der Waals surface area contributed by atoms with E-state index in [0.717, 1.165) is 46.0 Å². The van der Waals surface area contributed by atoms with Crippen molar-refractivity contribution in [2.24, 2.45) is 0 Å². The Bertz CT molecular complexity index is 1470. The van der Waals surface area contributed by atoms with Crippen LogP contribution in [0.5, 0.6) is 0 Å². The van der Waals surface area contributed by atoms with E-state index in [-0.39, 0.29) is 28.9 Å². The molecule has 2 amide bonds. The third-order valence-electron chi connectivity index (χ3n) is 6.22. The normalized spacial score (nSPS) is 15.1. The van der Waals surface area contributed by atoms with Crippen molar-refractivity contribution in [3.63, 3.8) is 0 Å². The molecule has 2 aliphatic heterocycles. The average Bonchev–Trinajstić information content (AvgIpc) is 3.41. The Morgan fingerprint density at radius 1 is 1.11 bits per heavy atom. The summed E-state index contributed by atoms with van der Waals surface area (Å²) in [5, 5.41) is 3.63. The van der Waals surface area contributed by atoms with Crippen LogP contribution >= 0.6 is 22.9 Å².